The van der Waals surface area contributed by atoms with Crippen molar-refractivity contribution < 1.29 is 9.23 Å². The lowest BCUT2D eigenvalue weighted by atomic mass is 10.0. The average molecular weight is 622 g/mol. The molecule has 1 N–H and O–H groups in total. The zero-order valence-electron chi connectivity index (χ0n) is 20.8. The zero-order valence-corrected chi connectivity index (χ0v) is 23.0. The van der Waals surface area contributed by atoms with Crippen LogP contribution in [0.15, 0.2) is 88.9 Å². The van der Waals surface area contributed by atoms with Crippen LogP contribution < -0.4 is 15.6 Å². The first-order chi connectivity index (χ1) is 18.5. The molecule has 2 fully saturated rings. The Morgan fingerprint density at radius 3 is 2.24 bits per heavy atom. The van der Waals surface area contributed by atoms with Gasteiger partial charge in [-0.1, -0.05) is 65.8 Å². The highest BCUT2D eigenvalue weighted by molar-refractivity contribution is 14.1. The van der Waals surface area contributed by atoms with Crippen molar-refractivity contribution in [2.75, 3.05) is 31.1 Å². The van der Waals surface area contributed by atoms with Gasteiger partial charge in [0.15, 0.2) is 5.43 Å². The Labute approximate surface area is 234 Å². The summed E-state index contributed by atoms with van der Waals surface area (Å²) in [6.45, 7) is 3.09. The van der Waals surface area contributed by atoms with Crippen molar-refractivity contribution in [3.05, 3.63) is 112 Å². The third-order valence-corrected chi connectivity index (χ3v) is 8.63. The van der Waals surface area contributed by atoms with Crippen molar-refractivity contribution in [1.29, 1.82) is 0 Å². The molecule has 2 aliphatic rings. The number of aromatic nitrogens is 1. The maximum Gasteiger partial charge on any atom is 0.237 e. The van der Waals surface area contributed by atoms with Gasteiger partial charge in [-0.3, -0.25) is 4.79 Å². The standard InChI is InChI=1S/C30H28FIN4O2/c31-26-17-25-27(18-28(26)35-15-13-33-14-16-35)36(24-11-12-24)20-21(29(25)37)19-34-38-30(32,22-7-3-1-4-8-22)23-9-5-2-6-10-23/h1-10,17-20,24,33H,11-16H2/b34-19+. The molecular formula is C30H28FIN4O2. The molecule has 194 valence electrons. The third-order valence-electron chi connectivity index (χ3n) is 7.19. The summed E-state index contributed by atoms with van der Waals surface area (Å²) in [5.74, 6) is -0.372. The Balaban J connectivity index is 1.38. The topological polar surface area (TPSA) is 58.9 Å². The van der Waals surface area contributed by atoms with Crippen LogP contribution in [-0.2, 0) is 8.45 Å². The molecule has 1 aliphatic carbocycles. The summed E-state index contributed by atoms with van der Waals surface area (Å²) >= 11 is 2.25. The van der Waals surface area contributed by atoms with Crippen LogP contribution in [0.1, 0.15) is 35.6 Å². The van der Waals surface area contributed by atoms with Crippen molar-refractivity contribution in [3.8, 4) is 0 Å². The van der Waals surface area contributed by atoms with Crippen LogP contribution in [0.5, 0.6) is 0 Å². The smallest absolute Gasteiger partial charge is 0.237 e. The molecule has 0 bridgehead atoms. The Morgan fingerprint density at radius 1 is 1.00 bits per heavy atom. The molecule has 38 heavy (non-hydrogen) atoms. The van der Waals surface area contributed by atoms with Crippen molar-refractivity contribution in [2.24, 2.45) is 5.16 Å². The number of fused-ring (bicyclic) bond motifs is 1. The number of benzene rings is 3. The summed E-state index contributed by atoms with van der Waals surface area (Å²) in [7, 11) is 0. The van der Waals surface area contributed by atoms with E-state index >= 15 is 4.39 Å². The van der Waals surface area contributed by atoms with Gasteiger partial charge >= 0.3 is 0 Å². The van der Waals surface area contributed by atoms with E-state index in [1.807, 2.05) is 77.8 Å². The van der Waals surface area contributed by atoms with E-state index in [4.69, 9.17) is 4.84 Å². The lowest BCUT2D eigenvalue weighted by Crippen LogP contribution is -2.43. The minimum atomic E-state index is -0.881. The van der Waals surface area contributed by atoms with Crippen LogP contribution in [0.2, 0.25) is 0 Å². The molecular weight excluding hydrogens is 594 g/mol. The molecule has 8 heteroatoms. The van der Waals surface area contributed by atoms with Gasteiger partial charge in [0.2, 0.25) is 3.61 Å². The van der Waals surface area contributed by atoms with E-state index in [0.29, 0.717) is 22.7 Å². The molecule has 0 radical (unpaired) electrons. The van der Waals surface area contributed by atoms with Gasteiger partial charge in [-0.2, -0.15) is 0 Å². The molecule has 0 amide bonds. The SMILES string of the molecule is O=c1c(/C=N/OC(I)(c2ccccc2)c2ccccc2)cn(C2CC2)c2cc(N3CCNCC3)c(F)cc12. The third kappa shape index (κ3) is 4.82. The summed E-state index contributed by atoms with van der Waals surface area (Å²) in [6, 6.07) is 23.2. The number of nitrogens with one attached hydrogen (secondary N) is 1. The fraction of sp³-hybridized carbons (Fsp3) is 0.267. The molecule has 0 spiro atoms. The van der Waals surface area contributed by atoms with Gasteiger partial charge in [0.05, 0.1) is 23.0 Å². The number of anilines is 1. The van der Waals surface area contributed by atoms with Crippen LogP contribution in [0.3, 0.4) is 0 Å². The second-order valence-electron chi connectivity index (χ2n) is 9.76. The van der Waals surface area contributed by atoms with E-state index in [1.165, 1.54) is 12.3 Å². The second kappa shape index (κ2) is 10.5. The summed E-state index contributed by atoms with van der Waals surface area (Å²) in [5.41, 5.74) is 3.30. The molecule has 0 unspecified atom stereocenters. The maximum absolute atomic E-state index is 15.3. The number of hydrogen-bond donors (Lipinski definition) is 1. The molecule has 2 heterocycles. The van der Waals surface area contributed by atoms with Gasteiger partial charge in [0, 0.05) is 54.9 Å². The Morgan fingerprint density at radius 2 is 1.63 bits per heavy atom. The predicted molar refractivity (Wildman–Crippen MR) is 158 cm³/mol. The maximum atomic E-state index is 15.3. The highest BCUT2D eigenvalue weighted by atomic mass is 127. The van der Waals surface area contributed by atoms with Gasteiger partial charge in [0.25, 0.3) is 0 Å². The van der Waals surface area contributed by atoms with E-state index in [0.717, 1.165) is 55.7 Å². The second-order valence-corrected chi connectivity index (χ2v) is 11.3. The highest BCUT2D eigenvalue weighted by Crippen LogP contribution is 2.41. The Bertz CT molecular complexity index is 1490. The molecule has 1 saturated carbocycles. The number of piperazine rings is 1. The van der Waals surface area contributed by atoms with E-state index in [9.17, 15) is 4.79 Å². The van der Waals surface area contributed by atoms with Gasteiger partial charge in [0.1, 0.15) is 5.82 Å². The molecule has 6 rings (SSSR count). The highest BCUT2D eigenvalue weighted by Gasteiger charge is 2.34. The van der Waals surface area contributed by atoms with Crippen LogP contribution in [0.4, 0.5) is 10.1 Å². The number of hydrogen-bond acceptors (Lipinski definition) is 5. The fourth-order valence-corrected chi connectivity index (χ4v) is 5.84. The average Bonchev–Trinajstić information content (AvgIpc) is 3.81. The van der Waals surface area contributed by atoms with E-state index < -0.39 is 3.61 Å². The molecule has 4 aromatic rings. The van der Waals surface area contributed by atoms with Gasteiger partial charge in [-0.05, 0) is 47.6 Å². The van der Waals surface area contributed by atoms with Crippen LogP contribution in [-0.4, -0.2) is 37.0 Å². The number of alkyl halides is 1. The molecule has 1 aromatic heterocycles. The first-order valence-electron chi connectivity index (χ1n) is 12.9. The van der Waals surface area contributed by atoms with Crippen LogP contribution in [0, 0.1) is 5.82 Å². The van der Waals surface area contributed by atoms with Gasteiger partial charge < -0.3 is 19.6 Å². The van der Waals surface area contributed by atoms with Crippen LogP contribution >= 0.6 is 22.6 Å². The summed E-state index contributed by atoms with van der Waals surface area (Å²) in [5, 5.41) is 7.98. The molecule has 1 saturated heterocycles. The van der Waals surface area contributed by atoms with E-state index in [2.05, 4.69) is 37.6 Å². The lowest BCUT2D eigenvalue weighted by Gasteiger charge is -2.30. The molecule has 0 atom stereocenters. The number of pyridine rings is 1. The number of halogens is 2. The fourth-order valence-electron chi connectivity index (χ4n) is 5.01. The van der Waals surface area contributed by atoms with Gasteiger partial charge in [-0.25, -0.2) is 4.39 Å². The summed E-state index contributed by atoms with van der Waals surface area (Å²) < 4.78 is 16.5. The predicted octanol–water partition coefficient (Wildman–Crippen LogP) is 5.57. The van der Waals surface area contributed by atoms with Gasteiger partial charge in [-0.15, -0.1) is 0 Å². The van der Waals surface area contributed by atoms with Crippen molar-refractivity contribution in [2.45, 2.75) is 22.5 Å². The van der Waals surface area contributed by atoms with Crippen molar-refractivity contribution >= 4 is 45.4 Å². The zero-order chi connectivity index (χ0) is 26.1. The summed E-state index contributed by atoms with van der Waals surface area (Å²) in [6.07, 6.45) is 5.37. The quantitative estimate of drug-likeness (QED) is 0.127. The summed E-state index contributed by atoms with van der Waals surface area (Å²) in [4.78, 5) is 21.7. The van der Waals surface area contributed by atoms with Crippen LogP contribution in [0.25, 0.3) is 10.9 Å². The Kier molecular flexibility index (Phi) is 6.92. The minimum absolute atomic E-state index is 0.256. The normalized spacial score (nSPS) is 16.3. The molecule has 1 aliphatic heterocycles. The monoisotopic (exact) mass is 622 g/mol. The number of rotatable bonds is 7. The molecule has 6 nitrogen and oxygen atoms in total. The molecule has 3 aromatic carbocycles. The first kappa shape index (κ1) is 25.1. The lowest BCUT2D eigenvalue weighted by molar-refractivity contribution is 0.0737. The number of oxime groups is 1. The Hall–Kier alpha value is -3.24. The van der Waals surface area contributed by atoms with E-state index in [1.54, 1.807) is 0 Å². The minimum Gasteiger partial charge on any atom is -0.369 e. The first-order valence-corrected chi connectivity index (χ1v) is 14.0. The number of nitrogens with zero attached hydrogens (tertiary/aromatic N) is 3. The van der Waals surface area contributed by atoms with E-state index in [-0.39, 0.29) is 11.2 Å². The van der Waals surface area contributed by atoms with Crippen molar-refractivity contribution in [3.63, 3.8) is 0 Å². The van der Waals surface area contributed by atoms with Crippen molar-refractivity contribution in [1.82, 2.24) is 9.88 Å². The largest absolute Gasteiger partial charge is 0.369 e.